The van der Waals surface area contributed by atoms with Crippen molar-refractivity contribution in [2.45, 2.75) is 154 Å². The Bertz CT molecular complexity index is 638. The van der Waals surface area contributed by atoms with Crippen LogP contribution in [-0.2, 0) is 18.3 Å². The highest BCUT2D eigenvalue weighted by Crippen LogP contribution is 2.43. The molecule has 0 spiro atoms. The topological polar surface area (TPSA) is 36.9 Å². The second kappa shape index (κ2) is 10.6. The number of hydrogen-bond donors (Lipinski definition) is 0. The van der Waals surface area contributed by atoms with Crippen molar-refractivity contribution in [3.05, 3.63) is 0 Å². The van der Waals surface area contributed by atoms with Gasteiger partial charge in [0, 0.05) is 6.42 Å². The summed E-state index contributed by atoms with van der Waals surface area (Å²) in [4.78, 5) is 0. The molecule has 0 unspecified atom stereocenters. The van der Waals surface area contributed by atoms with E-state index in [1.54, 1.807) is 0 Å². The zero-order valence-electron chi connectivity index (χ0n) is 23.3. The van der Waals surface area contributed by atoms with Crippen LogP contribution in [0.5, 0.6) is 0 Å². The van der Waals surface area contributed by atoms with Gasteiger partial charge in [-0.1, -0.05) is 61.3 Å². The van der Waals surface area contributed by atoms with Crippen LogP contribution in [-0.4, -0.2) is 46.8 Å². The fourth-order valence-electron chi connectivity index (χ4n) is 3.54. The van der Waals surface area contributed by atoms with Crippen molar-refractivity contribution in [2.24, 2.45) is 0 Å². The van der Waals surface area contributed by atoms with E-state index in [4.69, 9.17) is 24.7 Å². The molecule has 1 aliphatic heterocycles. The summed E-state index contributed by atoms with van der Waals surface area (Å²) in [6.45, 7) is 29.0. The smallest absolute Gasteiger partial charge is 0.192 e. The van der Waals surface area contributed by atoms with Crippen LogP contribution < -0.4 is 0 Å². The molecule has 0 aliphatic carbocycles. The van der Waals surface area contributed by atoms with E-state index in [9.17, 15) is 0 Å². The quantitative estimate of drug-likeness (QED) is 0.237. The summed E-state index contributed by atoms with van der Waals surface area (Å²) in [5.41, 5.74) is 0. The fraction of sp³-hybridized carbons (Fsp3) is 0.923. The summed E-state index contributed by atoms with van der Waals surface area (Å²) < 4.78 is 26.9. The van der Waals surface area contributed by atoms with Crippen molar-refractivity contribution in [1.82, 2.24) is 0 Å². The van der Waals surface area contributed by atoms with Crippen molar-refractivity contribution >= 4 is 16.6 Å². The van der Waals surface area contributed by atoms with Gasteiger partial charge in [0.1, 0.15) is 12.2 Å². The minimum absolute atomic E-state index is 0.0362. The Kier molecular flexibility index (Phi) is 9.91. The van der Waals surface area contributed by atoms with Gasteiger partial charge in [0.05, 0.1) is 12.2 Å². The summed E-state index contributed by atoms with van der Waals surface area (Å²) in [5, 5.41) is 0.210. The Morgan fingerprint density at radius 3 is 1.66 bits per heavy atom. The van der Waals surface area contributed by atoms with Gasteiger partial charge in [-0.3, -0.25) is 0 Å². The molecule has 1 saturated heterocycles. The molecule has 4 nitrogen and oxygen atoms in total. The molecule has 0 radical (unpaired) electrons. The third-order valence-corrected chi connectivity index (χ3v) is 16.6. The SMILES string of the molecule is C#CC[C@@H](O[Si](C)(C)C(C)(C)C)[C@H]1OC(C)(C)O[C@@H]1[C@H](CCCC)O[Si](C)(C)C(C)(C)C. The zero-order valence-corrected chi connectivity index (χ0v) is 25.3. The second-order valence-corrected chi connectivity index (χ2v) is 22.5. The molecule has 0 bridgehead atoms. The van der Waals surface area contributed by atoms with E-state index >= 15 is 0 Å². The van der Waals surface area contributed by atoms with E-state index in [2.05, 4.69) is 80.6 Å². The maximum atomic E-state index is 6.98. The Labute approximate surface area is 201 Å². The van der Waals surface area contributed by atoms with Gasteiger partial charge < -0.3 is 18.3 Å². The average Bonchev–Trinajstić information content (AvgIpc) is 2.91. The van der Waals surface area contributed by atoms with Gasteiger partial charge in [0.25, 0.3) is 0 Å². The highest BCUT2D eigenvalue weighted by Gasteiger charge is 2.52. The lowest BCUT2D eigenvalue weighted by Gasteiger charge is -2.43. The van der Waals surface area contributed by atoms with Gasteiger partial charge >= 0.3 is 0 Å². The molecule has 0 aromatic carbocycles. The van der Waals surface area contributed by atoms with Gasteiger partial charge in [-0.25, -0.2) is 0 Å². The molecule has 0 amide bonds. The molecule has 0 aromatic rings. The summed E-state index contributed by atoms with van der Waals surface area (Å²) >= 11 is 0. The molecule has 1 heterocycles. The molecule has 0 N–H and O–H groups in total. The molecule has 1 fully saturated rings. The van der Waals surface area contributed by atoms with Crippen LogP contribution in [0.2, 0.25) is 36.3 Å². The van der Waals surface area contributed by atoms with Crippen LogP contribution in [0.1, 0.15) is 88.0 Å². The lowest BCUT2D eigenvalue weighted by Crippen LogP contribution is -2.53. The third kappa shape index (κ3) is 7.68. The maximum absolute atomic E-state index is 6.98. The molecule has 0 aromatic heterocycles. The Morgan fingerprint density at radius 1 is 0.875 bits per heavy atom. The number of hydrogen-bond acceptors (Lipinski definition) is 4. The van der Waals surface area contributed by atoms with Crippen LogP contribution in [0.15, 0.2) is 0 Å². The van der Waals surface area contributed by atoms with Crippen molar-refractivity contribution in [1.29, 1.82) is 0 Å². The van der Waals surface area contributed by atoms with Crippen LogP contribution in [0.4, 0.5) is 0 Å². The maximum Gasteiger partial charge on any atom is 0.192 e. The molecular formula is C26H52O4Si2. The first-order chi connectivity index (χ1) is 14.3. The third-order valence-electron chi connectivity index (χ3n) is 7.56. The first-order valence-electron chi connectivity index (χ1n) is 12.4. The van der Waals surface area contributed by atoms with E-state index in [0.717, 1.165) is 19.3 Å². The van der Waals surface area contributed by atoms with Crippen molar-refractivity contribution in [3.63, 3.8) is 0 Å². The summed E-state index contributed by atoms with van der Waals surface area (Å²) in [5.74, 6) is 2.16. The molecule has 1 rings (SSSR count). The Balaban J connectivity index is 3.35. The summed E-state index contributed by atoms with van der Waals surface area (Å²) in [7, 11) is -4.05. The normalized spacial score (nSPS) is 24.2. The number of terminal acetylenes is 1. The van der Waals surface area contributed by atoms with E-state index in [1.807, 2.05) is 13.8 Å². The van der Waals surface area contributed by atoms with Crippen LogP contribution in [0.3, 0.4) is 0 Å². The minimum atomic E-state index is -2.05. The van der Waals surface area contributed by atoms with Crippen molar-refractivity contribution in [3.8, 4) is 12.3 Å². The van der Waals surface area contributed by atoms with E-state index in [1.165, 1.54) is 0 Å². The van der Waals surface area contributed by atoms with E-state index < -0.39 is 22.4 Å². The lowest BCUT2D eigenvalue weighted by atomic mass is 9.98. The van der Waals surface area contributed by atoms with E-state index in [-0.39, 0.29) is 34.5 Å². The first-order valence-corrected chi connectivity index (χ1v) is 18.2. The van der Waals surface area contributed by atoms with E-state index in [0.29, 0.717) is 6.42 Å². The predicted octanol–water partition coefficient (Wildman–Crippen LogP) is 7.50. The largest absolute Gasteiger partial charge is 0.411 e. The van der Waals surface area contributed by atoms with Crippen LogP contribution >= 0.6 is 0 Å². The lowest BCUT2D eigenvalue weighted by molar-refractivity contribution is -0.159. The summed E-state index contributed by atoms with van der Waals surface area (Å²) in [6, 6.07) is 0. The first kappa shape index (κ1) is 29.9. The van der Waals surface area contributed by atoms with Gasteiger partial charge in [-0.15, -0.1) is 12.3 Å². The van der Waals surface area contributed by atoms with Gasteiger partial charge in [-0.2, -0.15) is 0 Å². The molecular weight excluding hydrogens is 432 g/mol. The number of ether oxygens (including phenoxy) is 2. The van der Waals surface area contributed by atoms with Crippen LogP contribution in [0, 0.1) is 12.3 Å². The standard InChI is InChI=1S/C26H52O4Si2/c1-15-17-19-21(30-32(13,14)25(6,7)8)23-22(27-26(9,10)28-23)20(18-16-2)29-31(11,12)24(3,4)5/h2,20-23H,15,17-19H2,1,3-14H3/t20-,21+,22-,23-/m1/s1. The van der Waals surface area contributed by atoms with Crippen molar-refractivity contribution < 1.29 is 18.3 Å². The number of unbranched alkanes of at least 4 members (excludes halogenated alkanes) is 1. The highest BCUT2D eigenvalue weighted by molar-refractivity contribution is 6.74. The minimum Gasteiger partial charge on any atom is -0.411 e. The molecule has 6 heteroatoms. The summed E-state index contributed by atoms with van der Waals surface area (Å²) in [6.07, 6.45) is 8.79. The monoisotopic (exact) mass is 484 g/mol. The molecule has 1 aliphatic rings. The average molecular weight is 485 g/mol. The van der Waals surface area contributed by atoms with Gasteiger partial charge in [-0.05, 0) is 56.5 Å². The highest BCUT2D eigenvalue weighted by atomic mass is 28.4. The molecule has 4 atom stereocenters. The fourth-order valence-corrected chi connectivity index (χ4v) is 6.23. The number of rotatable bonds is 10. The van der Waals surface area contributed by atoms with Gasteiger partial charge in [0.15, 0.2) is 22.4 Å². The van der Waals surface area contributed by atoms with Crippen LogP contribution in [0.25, 0.3) is 0 Å². The Hall–Kier alpha value is -0.166. The second-order valence-electron chi connectivity index (χ2n) is 12.9. The predicted molar refractivity (Wildman–Crippen MR) is 141 cm³/mol. The zero-order chi connectivity index (χ0) is 25.2. The van der Waals surface area contributed by atoms with Crippen molar-refractivity contribution in [2.75, 3.05) is 0 Å². The molecule has 0 saturated carbocycles. The molecule has 32 heavy (non-hydrogen) atoms. The Morgan fingerprint density at radius 2 is 1.28 bits per heavy atom. The molecule has 188 valence electrons. The van der Waals surface area contributed by atoms with Gasteiger partial charge in [0.2, 0.25) is 0 Å².